The number of aromatic nitrogens is 3. The number of rotatable bonds is 8. The standard InChI is InChI=1S/C28H26N4O4/c1-18-26(19(2)36-31-18)17-35-27-15-21-7-5-4-6-20(21)14-25(27)28(33)29-16-22-12-13-32(30-22)23-8-10-24(34-3)11-9-23/h4-15H,16-17H2,1-3H3,(H,29,33). The van der Waals surface area contributed by atoms with Gasteiger partial charge in [-0.05, 0) is 67.1 Å². The van der Waals surface area contributed by atoms with Crippen molar-refractivity contribution in [3.8, 4) is 17.2 Å². The second-order valence-corrected chi connectivity index (χ2v) is 8.42. The maximum Gasteiger partial charge on any atom is 0.255 e. The number of ether oxygens (including phenoxy) is 2. The van der Waals surface area contributed by atoms with Crippen LogP contribution in [0.15, 0.2) is 77.4 Å². The molecule has 0 aliphatic heterocycles. The van der Waals surface area contributed by atoms with Crippen molar-refractivity contribution in [2.75, 3.05) is 7.11 Å². The number of nitrogens with zero attached hydrogens (tertiary/aromatic N) is 3. The summed E-state index contributed by atoms with van der Waals surface area (Å²) >= 11 is 0. The van der Waals surface area contributed by atoms with Crippen LogP contribution in [-0.4, -0.2) is 28.0 Å². The average Bonchev–Trinajstić information content (AvgIpc) is 3.51. The highest BCUT2D eigenvalue weighted by molar-refractivity contribution is 6.01. The lowest BCUT2D eigenvalue weighted by atomic mass is 10.1. The number of fused-ring (bicyclic) bond motifs is 1. The van der Waals surface area contributed by atoms with Gasteiger partial charge in [0, 0.05) is 6.20 Å². The van der Waals surface area contributed by atoms with Crippen LogP contribution in [0.25, 0.3) is 16.5 Å². The molecule has 0 aliphatic carbocycles. The van der Waals surface area contributed by atoms with Gasteiger partial charge in [0.25, 0.3) is 5.91 Å². The quantitative estimate of drug-likeness (QED) is 0.329. The highest BCUT2D eigenvalue weighted by Crippen LogP contribution is 2.28. The van der Waals surface area contributed by atoms with E-state index >= 15 is 0 Å². The van der Waals surface area contributed by atoms with Gasteiger partial charge < -0.3 is 19.3 Å². The summed E-state index contributed by atoms with van der Waals surface area (Å²) in [6, 6.07) is 21.1. The van der Waals surface area contributed by atoms with Gasteiger partial charge in [-0.25, -0.2) is 4.68 Å². The molecule has 1 amide bonds. The number of amides is 1. The number of carbonyl (C=O) groups excluding carboxylic acids is 1. The molecule has 2 aromatic heterocycles. The summed E-state index contributed by atoms with van der Waals surface area (Å²) in [6.07, 6.45) is 1.86. The van der Waals surface area contributed by atoms with E-state index < -0.39 is 0 Å². The third-order valence-corrected chi connectivity index (χ3v) is 6.06. The molecule has 5 aromatic rings. The number of nitrogens with one attached hydrogen (secondary N) is 1. The largest absolute Gasteiger partial charge is 0.497 e. The van der Waals surface area contributed by atoms with E-state index in [4.69, 9.17) is 14.0 Å². The first-order chi connectivity index (χ1) is 17.5. The Bertz CT molecular complexity index is 1500. The van der Waals surface area contributed by atoms with Gasteiger partial charge >= 0.3 is 0 Å². The molecule has 2 heterocycles. The average molecular weight is 483 g/mol. The minimum atomic E-state index is -0.242. The minimum Gasteiger partial charge on any atom is -0.497 e. The van der Waals surface area contributed by atoms with Crippen LogP contribution in [0.2, 0.25) is 0 Å². The Morgan fingerprint density at radius 1 is 1.03 bits per heavy atom. The molecule has 0 saturated carbocycles. The molecule has 0 atom stereocenters. The van der Waals surface area contributed by atoms with Crippen molar-refractivity contribution in [1.82, 2.24) is 20.3 Å². The summed E-state index contributed by atoms with van der Waals surface area (Å²) in [5, 5.41) is 13.5. The highest BCUT2D eigenvalue weighted by atomic mass is 16.5. The normalized spacial score (nSPS) is 11.0. The summed E-state index contributed by atoms with van der Waals surface area (Å²) in [5.74, 6) is 1.73. The van der Waals surface area contributed by atoms with Crippen molar-refractivity contribution in [2.45, 2.75) is 27.0 Å². The molecule has 0 aliphatic rings. The van der Waals surface area contributed by atoms with Crippen LogP contribution in [0.4, 0.5) is 0 Å². The van der Waals surface area contributed by atoms with E-state index in [0.29, 0.717) is 17.1 Å². The van der Waals surface area contributed by atoms with Crippen LogP contribution >= 0.6 is 0 Å². The lowest BCUT2D eigenvalue weighted by molar-refractivity contribution is 0.0946. The zero-order chi connectivity index (χ0) is 25.1. The number of aryl methyl sites for hydroxylation is 2. The first-order valence-electron chi connectivity index (χ1n) is 11.6. The smallest absolute Gasteiger partial charge is 0.255 e. The van der Waals surface area contributed by atoms with Crippen LogP contribution < -0.4 is 14.8 Å². The second-order valence-electron chi connectivity index (χ2n) is 8.42. The van der Waals surface area contributed by atoms with E-state index in [9.17, 15) is 4.79 Å². The van der Waals surface area contributed by atoms with E-state index in [-0.39, 0.29) is 19.1 Å². The molecule has 0 radical (unpaired) electrons. The molecule has 8 nitrogen and oxygen atoms in total. The summed E-state index contributed by atoms with van der Waals surface area (Å²) in [5.41, 5.74) is 3.73. The Labute approximate surface area is 208 Å². The Morgan fingerprint density at radius 3 is 2.47 bits per heavy atom. The fourth-order valence-corrected chi connectivity index (χ4v) is 3.97. The molecule has 0 fully saturated rings. The number of methoxy groups -OCH3 is 1. The molecular weight excluding hydrogens is 456 g/mol. The summed E-state index contributed by atoms with van der Waals surface area (Å²) < 4.78 is 18.3. The predicted molar refractivity (Wildman–Crippen MR) is 136 cm³/mol. The van der Waals surface area contributed by atoms with E-state index in [1.165, 1.54) is 0 Å². The molecule has 8 heteroatoms. The van der Waals surface area contributed by atoms with Crippen molar-refractivity contribution < 1.29 is 18.8 Å². The van der Waals surface area contributed by atoms with Crippen LogP contribution in [0.3, 0.4) is 0 Å². The molecule has 0 unspecified atom stereocenters. The zero-order valence-corrected chi connectivity index (χ0v) is 20.3. The molecule has 0 bridgehead atoms. The summed E-state index contributed by atoms with van der Waals surface area (Å²) in [7, 11) is 1.63. The molecule has 182 valence electrons. The molecule has 0 saturated heterocycles. The number of carbonyl (C=O) groups is 1. The zero-order valence-electron chi connectivity index (χ0n) is 20.3. The molecule has 5 rings (SSSR count). The lowest BCUT2D eigenvalue weighted by Gasteiger charge is -2.13. The Kier molecular flexibility index (Phi) is 6.40. The molecule has 1 N–H and O–H groups in total. The van der Waals surface area contributed by atoms with Crippen molar-refractivity contribution in [2.24, 2.45) is 0 Å². The minimum absolute atomic E-state index is 0.242. The van der Waals surface area contributed by atoms with E-state index in [1.54, 1.807) is 11.8 Å². The van der Waals surface area contributed by atoms with Gasteiger partial charge in [-0.1, -0.05) is 29.4 Å². The molecule has 3 aromatic carbocycles. The van der Waals surface area contributed by atoms with E-state index in [0.717, 1.165) is 39.2 Å². The van der Waals surface area contributed by atoms with Crippen molar-refractivity contribution in [3.05, 3.63) is 101 Å². The van der Waals surface area contributed by atoms with Crippen LogP contribution in [-0.2, 0) is 13.2 Å². The van der Waals surface area contributed by atoms with Gasteiger partial charge in [-0.3, -0.25) is 4.79 Å². The number of benzene rings is 3. The summed E-state index contributed by atoms with van der Waals surface area (Å²) in [4.78, 5) is 13.3. The third kappa shape index (κ3) is 4.79. The van der Waals surface area contributed by atoms with Crippen LogP contribution in [0.1, 0.15) is 33.1 Å². The second kappa shape index (κ2) is 9.95. The van der Waals surface area contributed by atoms with Crippen molar-refractivity contribution in [1.29, 1.82) is 0 Å². The lowest BCUT2D eigenvalue weighted by Crippen LogP contribution is -2.24. The molecule has 36 heavy (non-hydrogen) atoms. The first-order valence-corrected chi connectivity index (χ1v) is 11.6. The van der Waals surface area contributed by atoms with Crippen molar-refractivity contribution in [3.63, 3.8) is 0 Å². The fraction of sp³-hybridized carbons (Fsp3) is 0.179. The maximum atomic E-state index is 13.3. The SMILES string of the molecule is COc1ccc(-n2ccc(CNC(=O)c3cc4ccccc4cc3OCc3c(C)noc3C)n2)cc1. The fourth-order valence-electron chi connectivity index (χ4n) is 3.97. The molecular formula is C28H26N4O4. The monoisotopic (exact) mass is 482 g/mol. The predicted octanol–water partition coefficient (Wildman–Crippen LogP) is 5.15. The Hall–Kier alpha value is -4.59. The van der Waals surface area contributed by atoms with Gasteiger partial charge in [0.05, 0.1) is 41.9 Å². The van der Waals surface area contributed by atoms with Gasteiger partial charge in [0.1, 0.15) is 23.9 Å². The van der Waals surface area contributed by atoms with E-state index in [2.05, 4.69) is 15.6 Å². The topological polar surface area (TPSA) is 91.4 Å². The highest BCUT2D eigenvalue weighted by Gasteiger charge is 2.17. The number of hydrogen-bond acceptors (Lipinski definition) is 6. The maximum absolute atomic E-state index is 13.3. The van der Waals surface area contributed by atoms with Gasteiger partial charge in [-0.2, -0.15) is 5.10 Å². The van der Waals surface area contributed by atoms with Crippen molar-refractivity contribution >= 4 is 16.7 Å². The van der Waals surface area contributed by atoms with Crippen LogP contribution in [0, 0.1) is 13.8 Å². The third-order valence-electron chi connectivity index (χ3n) is 6.06. The van der Waals surface area contributed by atoms with E-state index in [1.807, 2.05) is 86.8 Å². The Balaban J connectivity index is 1.34. The molecule has 0 spiro atoms. The summed E-state index contributed by atoms with van der Waals surface area (Å²) in [6.45, 7) is 4.25. The van der Waals surface area contributed by atoms with Gasteiger partial charge in [-0.15, -0.1) is 0 Å². The van der Waals surface area contributed by atoms with Gasteiger partial charge in [0.15, 0.2) is 0 Å². The van der Waals surface area contributed by atoms with Crippen LogP contribution in [0.5, 0.6) is 11.5 Å². The van der Waals surface area contributed by atoms with Gasteiger partial charge in [0.2, 0.25) is 0 Å². The Morgan fingerprint density at radius 2 is 1.78 bits per heavy atom. The number of hydrogen-bond donors (Lipinski definition) is 1. The first kappa shape index (κ1) is 23.2.